The van der Waals surface area contributed by atoms with Crippen molar-refractivity contribution >= 4 is 0 Å². The van der Waals surface area contributed by atoms with Gasteiger partial charge in [0.15, 0.2) is 0 Å². The summed E-state index contributed by atoms with van der Waals surface area (Å²) in [6.07, 6.45) is -0.716. The van der Waals surface area contributed by atoms with Crippen LogP contribution in [-0.4, -0.2) is 30.5 Å². The van der Waals surface area contributed by atoms with Crippen LogP contribution in [0.4, 0.5) is 8.78 Å². The normalized spacial score (nSPS) is 12.7. The number of hydrogen-bond donors (Lipinski definition) is 1. The zero-order valence-corrected chi connectivity index (χ0v) is 11.5. The lowest BCUT2D eigenvalue weighted by Crippen LogP contribution is -2.35. The first-order chi connectivity index (χ1) is 8.28. The Morgan fingerprint density at radius 1 is 1.39 bits per heavy atom. The van der Waals surface area contributed by atoms with Gasteiger partial charge in [-0.2, -0.15) is 0 Å². The number of furan rings is 1. The maximum Gasteiger partial charge on any atom is 0.251 e. The number of hydrogen-bond acceptors (Lipinski definition) is 3. The Balaban J connectivity index is 2.54. The third-order valence-electron chi connectivity index (χ3n) is 2.51. The molecule has 3 nitrogen and oxygen atoms in total. The van der Waals surface area contributed by atoms with E-state index >= 15 is 0 Å². The number of halogens is 2. The highest BCUT2D eigenvalue weighted by atomic mass is 19.3. The maximum atomic E-state index is 12.2. The summed E-state index contributed by atoms with van der Waals surface area (Å²) in [5, 5.41) is 3.35. The van der Waals surface area contributed by atoms with E-state index in [0.29, 0.717) is 13.1 Å². The van der Waals surface area contributed by atoms with Crippen molar-refractivity contribution in [2.24, 2.45) is 0 Å². The second-order valence-electron chi connectivity index (χ2n) is 5.56. The van der Waals surface area contributed by atoms with E-state index in [-0.39, 0.29) is 12.1 Å². The molecule has 1 N–H and O–H groups in total. The Bertz CT molecular complexity index is 358. The quantitative estimate of drug-likeness (QED) is 0.852. The number of nitrogens with one attached hydrogen (secondary N) is 1. The van der Waals surface area contributed by atoms with E-state index < -0.39 is 6.43 Å². The molecule has 104 valence electrons. The summed E-state index contributed by atoms with van der Waals surface area (Å²) < 4.78 is 29.8. The highest BCUT2D eigenvalue weighted by Gasteiger charge is 2.15. The van der Waals surface area contributed by atoms with Crippen LogP contribution in [-0.2, 0) is 13.1 Å². The summed E-state index contributed by atoms with van der Waals surface area (Å²) >= 11 is 0. The fourth-order valence-electron chi connectivity index (χ4n) is 1.57. The molecule has 1 aromatic rings. The van der Waals surface area contributed by atoms with Crippen LogP contribution in [0.5, 0.6) is 0 Å². The largest absolute Gasteiger partial charge is 0.468 e. The summed E-state index contributed by atoms with van der Waals surface area (Å²) in [4.78, 5) is 1.56. The predicted molar refractivity (Wildman–Crippen MR) is 67.6 cm³/mol. The summed E-state index contributed by atoms with van der Waals surface area (Å²) in [7, 11) is 1.66. The first-order valence-corrected chi connectivity index (χ1v) is 6.05. The van der Waals surface area contributed by atoms with Crippen LogP contribution in [0.25, 0.3) is 0 Å². The molecule has 1 heterocycles. The minimum absolute atomic E-state index is 0.0173. The van der Waals surface area contributed by atoms with Crippen molar-refractivity contribution < 1.29 is 13.2 Å². The fourth-order valence-corrected chi connectivity index (χ4v) is 1.57. The number of nitrogens with zero attached hydrogens (tertiary/aromatic N) is 1. The van der Waals surface area contributed by atoms with Gasteiger partial charge in [0.1, 0.15) is 5.76 Å². The molecule has 18 heavy (non-hydrogen) atoms. The summed E-state index contributed by atoms with van der Waals surface area (Å²) in [5.41, 5.74) is 1.04. The van der Waals surface area contributed by atoms with Crippen molar-refractivity contribution in [1.29, 1.82) is 0 Å². The molecular formula is C13H22F2N2O. The van der Waals surface area contributed by atoms with Crippen molar-refractivity contribution in [3.8, 4) is 0 Å². The Morgan fingerprint density at radius 3 is 2.61 bits per heavy atom. The molecule has 0 aliphatic carbocycles. The van der Waals surface area contributed by atoms with Crippen LogP contribution in [0.15, 0.2) is 16.7 Å². The molecule has 0 aliphatic rings. The molecule has 1 aromatic heterocycles. The van der Waals surface area contributed by atoms with E-state index in [4.69, 9.17) is 4.42 Å². The van der Waals surface area contributed by atoms with Crippen LogP contribution in [0.1, 0.15) is 32.1 Å². The third-order valence-corrected chi connectivity index (χ3v) is 2.51. The molecule has 0 aliphatic heterocycles. The first-order valence-electron chi connectivity index (χ1n) is 6.05. The van der Waals surface area contributed by atoms with Gasteiger partial charge >= 0.3 is 0 Å². The molecule has 0 radical (unpaired) electrons. The second kappa shape index (κ2) is 6.29. The Labute approximate surface area is 107 Å². The minimum atomic E-state index is -2.32. The third kappa shape index (κ3) is 5.60. The van der Waals surface area contributed by atoms with Crippen LogP contribution in [0.3, 0.4) is 0 Å². The zero-order valence-electron chi connectivity index (χ0n) is 11.5. The van der Waals surface area contributed by atoms with Crippen LogP contribution in [0, 0.1) is 0 Å². The van der Waals surface area contributed by atoms with E-state index in [2.05, 4.69) is 26.1 Å². The van der Waals surface area contributed by atoms with Gasteiger partial charge in [-0.05, 0) is 33.9 Å². The predicted octanol–water partition coefficient (Wildman–Crippen LogP) is 2.86. The van der Waals surface area contributed by atoms with Crippen molar-refractivity contribution in [3.63, 3.8) is 0 Å². The molecule has 0 amide bonds. The monoisotopic (exact) mass is 260 g/mol. The summed E-state index contributed by atoms with van der Waals surface area (Å²) in [6.45, 7) is 7.07. The molecule has 0 saturated heterocycles. The van der Waals surface area contributed by atoms with Gasteiger partial charge in [-0.1, -0.05) is 0 Å². The number of alkyl halides is 2. The summed E-state index contributed by atoms with van der Waals surface area (Å²) in [5.74, 6) is 0.745. The smallest absolute Gasteiger partial charge is 0.251 e. The van der Waals surface area contributed by atoms with Gasteiger partial charge in [0.2, 0.25) is 0 Å². The fraction of sp³-hybridized carbons (Fsp3) is 0.692. The van der Waals surface area contributed by atoms with Crippen molar-refractivity contribution in [1.82, 2.24) is 10.2 Å². The summed E-state index contributed by atoms with van der Waals surface area (Å²) in [6, 6.07) is 1.88. The lowest BCUT2D eigenvalue weighted by molar-refractivity contribution is 0.0944. The molecule has 0 fully saturated rings. The lowest BCUT2D eigenvalue weighted by Gasteiger charge is -2.21. The van der Waals surface area contributed by atoms with Gasteiger partial charge in [-0.15, -0.1) is 0 Å². The first kappa shape index (κ1) is 15.1. The Morgan fingerprint density at radius 2 is 2.06 bits per heavy atom. The Hall–Kier alpha value is -0.940. The van der Waals surface area contributed by atoms with Gasteiger partial charge < -0.3 is 9.73 Å². The zero-order chi connectivity index (χ0) is 13.8. The topological polar surface area (TPSA) is 28.4 Å². The van der Waals surface area contributed by atoms with Gasteiger partial charge in [0, 0.05) is 17.6 Å². The van der Waals surface area contributed by atoms with Crippen LogP contribution >= 0.6 is 0 Å². The molecule has 0 saturated carbocycles. The molecule has 0 spiro atoms. The number of rotatable bonds is 6. The van der Waals surface area contributed by atoms with Gasteiger partial charge in [0.05, 0.1) is 19.4 Å². The van der Waals surface area contributed by atoms with Gasteiger partial charge in [-0.25, -0.2) is 8.78 Å². The van der Waals surface area contributed by atoms with Crippen molar-refractivity contribution in [2.45, 2.75) is 45.8 Å². The van der Waals surface area contributed by atoms with Crippen molar-refractivity contribution in [2.75, 3.05) is 13.6 Å². The van der Waals surface area contributed by atoms with E-state index in [1.807, 2.05) is 6.07 Å². The maximum absolute atomic E-state index is 12.2. The highest BCUT2D eigenvalue weighted by Crippen LogP contribution is 2.14. The van der Waals surface area contributed by atoms with Gasteiger partial charge in [0.25, 0.3) is 6.43 Å². The van der Waals surface area contributed by atoms with E-state index in [1.54, 1.807) is 18.2 Å². The average molecular weight is 260 g/mol. The highest BCUT2D eigenvalue weighted by molar-refractivity contribution is 5.17. The Kier molecular flexibility index (Phi) is 5.28. The molecule has 5 heteroatoms. The molecule has 0 bridgehead atoms. The van der Waals surface area contributed by atoms with E-state index in [0.717, 1.165) is 11.3 Å². The second-order valence-corrected chi connectivity index (χ2v) is 5.56. The SMILES string of the molecule is CN(Cc1occc1CNC(C)(C)C)CC(F)F. The van der Waals surface area contributed by atoms with Crippen LogP contribution < -0.4 is 5.32 Å². The molecular weight excluding hydrogens is 238 g/mol. The van der Waals surface area contributed by atoms with E-state index in [9.17, 15) is 8.78 Å². The van der Waals surface area contributed by atoms with E-state index in [1.165, 1.54) is 0 Å². The minimum Gasteiger partial charge on any atom is -0.468 e. The average Bonchev–Trinajstić information content (AvgIpc) is 2.59. The molecule has 0 aromatic carbocycles. The molecule has 1 rings (SSSR count). The molecule has 0 atom stereocenters. The van der Waals surface area contributed by atoms with Crippen LogP contribution in [0.2, 0.25) is 0 Å². The molecule has 0 unspecified atom stereocenters. The standard InChI is InChI=1S/C13H22F2N2O/c1-13(2,3)16-7-10-5-6-18-11(10)8-17(4)9-12(14)15/h5-6,12,16H,7-9H2,1-4H3. The lowest BCUT2D eigenvalue weighted by atomic mass is 10.1. The van der Waals surface area contributed by atoms with Gasteiger partial charge in [-0.3, -0.25) is 4.90 Å². The van der Waals surface area contributed by atoms with Crippen molar-refractivity contribution in [3.05, 3.63) is 23.7 Å².